The van der Waals surface area contributed by atoms with Crippen molar-refractivity contribution >= 4 is 40.9 Å². The molecular weight excluding hydrogens is 430 g/mol. The molecule has 0 saturated carbocycles. The van der Waals surface area contributed by atoms with Gasteiger partial charge in [0.25, 0.3) is 5.91 Å². The number of imide groups is 1. The summed E-state index contributed by atoms with van der Waals surface area (Å²) in [5, 5.41) is 9.81. The fourth-order valence-electron chi connectivity index (χ4n) is 4.33. The molecule has 0 bridgehead atoms. The molecule has 1 fully saturated rings. The third kappa shape index (κ3) is 3.14. The number of aliphatic hydroxyl groups excluding tert-OH is 1. The number of urea groups is 1. The predicted molar refractivity (Wildman–Crippen MR) is 122 cm³/mol. The summed E-state index contributed by atoms with van der Waals surface area (Å²) < 4.78 is 0. The average Bonchev–Trinajstić information content (AvgIpc) is 3.35. The zero-order valence-corrected chi connectivity index (χ0v) is 18.2. The Morgan fingerprint density at radius 3 is 2.47 bits per heavy atom. The zero-order valence-electron chi connectivity index (χ0n) is 17.4. The summed E-state index contributed by atoms with van der Waals surface area (Å²) >= 11 is 6.11. The molecule has 1 N–H and O–H groups in total. The number of fused-ring (bicyclic) bond motifs is 3. The Labute approximate surface area is 190 Å². The van der Waals surface area contributed by atoms with Gasteiger partial charge in [-0.2, -0.15) is 0 Å². The minimum absolute atomic E-state index is 0.0945. The first-order chi connectivity index (χ1) is 15.5. The van der Waals surface area contributed by atoms with Crippen molar-refractivity contribution in [3.63, 3.8) is 0 Å². The topological polar surface area (TPSA) is 79.7 Å². The van der Waals surface area contributed by atoms with Gasteiger partial charge in [0, 0.05) is 42.7 Å². The first-order valence-corrected chi connectivity index (χ1v) is 10.8. The molecule has 2 atom stereocenters. The monoisotopic (exact) mass is 451 g/mol. The maximum atomic E-state index is 13.4. The van der Waals surface area contributed by atoms with Crippen molar-refractivity contribution in [2.24, 2.45) is 4.99 Å². The molecule has 5 rings (SSSR count). The molecule has 3 aliphatic heterocycles. The van der Waals surface area contributed by atoms with E-state index >= 15 is 0 Å². The van der Waals surface area contributed by atoms with Crippen LogP contribution in [0.5, 0.6) is 0 Å². The highest BCUT2D eigenvalue weighted by Gasteiger charge is 2.54. The van der Waals surface area contributed by atoms with Crippen LogP contribution >= 0.6 is 11.6 Å². The minimum Gasteiger partial charge on any atom is -0.396 e. The van der Waals surface area contributed by atoms with E-state index in [1.165, 1.54) is 9.80 Å². The molecule has 2 unspecified atom stereocenters. The van der Waals surface area contributed by atoms with Crippen LogP contribution in [-0.4, -0.2) is 70.1 Å². The highest BCUT2D eigenvalue weighted by atomic mass is 35.5. The molecule has 3 aliphatic rings. The Hall–Kier alpha value is -3.36. The Balaban J connectivity index is 1.59. The third-order valence-corrected chi connectivity index (χ3v) is 6.16. The van der Waals surface area contributed by atoms with E-state index < -0.39 is 18.2 Å². The second-order valence-corrected chi connectivity index (χ2v) is 8.28. The van der Waals surface area contributed by atoms with Crippen molar-refractivity contribution in [1.82, 2.24) is 14.7 Å². The molecule has 2 aromatic carbocycles. The molecule has 0 aliphatic carbocycles. The van der Waals surface area contributed by atoms with Crippen LogP contribution in [-0.2, 0) is 4.79 Å². The van der Waals surface area contributed by atoms with Crippen LogP contribution in [0.4, 0.5) is 10.5 Å². The van der Waals surface area contributed by atoms with Gasteiger partial charge in [0.1, 0.15) is 0 Å². The number of carbonyl (C=O) groups excluding carboxylic acids is 2. The van der Waals surface area contributed by atoms with Gasteiger partial charge in [0.15, 0.2) is 12.2 Å². The molecule has 8 nitrogen and oxygen atoms in total. The fourth-order valence-corrected chi connectivity index (χ4v) is 4.45. The Morgan fingerprint density at radius 1 is 1.06 bits per heavy atom. The molecule has 164 valence electrons. The molecule has 32 heavy (non-hydrogen) atoms. The van der Waals surface area contributed by atoms with Gasteiger partial charge in [0.05, 0.1) is 5.70 Å². The van der Waals surface area contributed by atoms with Crippen molar-refractivity contribution in [1.29, 1.82) is 0 Å². The lowest BCUT2D eigenvalue weighted by molar-refractivity contribution is -0.136. The number of hydrogen-bond acceptors (Lipinski definition) is 6. The largest absolute Gasteiger partial charge is 0.396 e. The first kappa shape index (κ1) is 20.5. The van der Waals surface area contributed by atoms with E-state index in [9.17, 15) is 14.7 Å². The van der Waals surface area contributed by atoms with Crippen molar-refractivity contribution in [3.05, 3.63) is 71.4 Å². The van der Waals surface area contributed by atoms with Crippen LogP contribution in [0.3, 0.4) is 0 Å². The molecular formula is C23H22ClN5O3. The molecule has 2 aromatic rings. The van der Waals surface area contributed by atoms with Gasteiger partial charge in [-0.25, -0.2) is 9.79 Å². The summed E-state index contributed by atoms with van der Waals surface area (Å²) in [5.41, 5.74) is 2.70. The van der Waals surface area contributed by atoms with Gasteiger partial charge in [0.2, 0.25) is 5.96 Å². The lowest BCUT2D eigenvalue weighted by Crippen LogP contribution is -2.64. The number of anilines is 1. The predicted octanol–water partition coefficient (Wildman–Crippen LogP) is 2.80. The van der Waals surface area contributed by atoms with Crippen LogP contribution in [0.25, 0.3) is 5.70 Å². The summed E-state index contributed by atoms with van der Waals surface area (Å²) in [6.07, 6.45) is 1.62. The zero-order chi connectivity index (χ0) is 22.4. The van der Waals surface area contributed by atoms with E-state index in [-0.39, 0.29) is 19.1 Å². The fraction of sp³-hybridized carbons (Fsp3) is 0.261. The maximum Gasteiger partial charge on any atom is 0.328 e. The van der Waals surface area contributed by atoms with E-state index in [1.54, 1.807) is 7.05 Å². The van der Waals surface area contributed by atoms with Crippen LogP contribution < -0.4 is 4.90 Å². The number of halogens is 1. The number of aliphatic imine (C=N–C) groups is 1. The molecule has 9 heteroatoms. The molecule has 0 spiro atoms. The normalized spacial score (nSPS) is 22.2. The highest BCUT2D eigenvalue weighted by Crippen LogP contribution is 2.40. The van der Waals surface area contributed by atoms with Crippen molar-refractivity contribution in [3.8, 4) is 0 Å². The summed E-state index contributed by atoms with van der Waals surface area (Å²) in [4.78, 5) is 37.5. The van der Waals surface area contributed by atoms with Crippen molar-refractivity contribution in [2.45, 2.75) is 18.6 Å². The van der Waals surface area contributed by atoms with Gasteiger partial charge < -0.3 is 10.0 Å². The summed E-state index contributed by atoms with van der Waals surface area (Å²) in [6.45, 7) is 0.0732. The molecule has 3 amide bonds. The number of hydrogen-bond donors (Lipinski definition) is 1. The highest BCUT2D eigenvalue weighted by molar-refractivity contribution is 6.30. The van der Waals surface area contributed by atoms with Crippen LogP contribution in [0, 0.1) is 0 Å². The van der Waals surface area contributed by atoms with Gasteiger partial charge in [-0.3, -0.25) is 19.5 Å². The standard InChI is InChI=1S/C23H22ClN5O3/c1-26-20-19(21(31)27(23(26)32)12-5-13-30)28-14-18(15-6-3-2-4-7-15)29(22(28)25-20)17-10-8-16(24)9-11-17/h2-4,6-11,14,19-20,30H,5,12-13H2,1H3. The van der Waals surface area contributed by atoms with Crippen LogP contribution in [0.1, 0.15) is 12.0 Å². The molecule has 0 aromatic heterocycles. The number of rotatable bonds is 5. The summed E-state index contributed by atoms with van der Waals surface area (Å²) in [7, 11) is 1.65. The lowest BCUT2D eigenvalue weighted by atomic mass is 10.1. The van der Waals surface area contributed by atoms with E-state index in [1.807, 2.05) is 70.6 Å². The number of nitrogens with zero attached hydrogens (tertiary/aromatic N) is 5. The second kappa shape index (κ2) is 7.96. The van der Waals surface area contributed by atoms with E-state index in [4.69, 9.17) is 16.6 Å². The average molecular weight is 452 g/mol. The van der Waals surface area contributed by atoms with Gasteiger partial charge in [-0.1, -0.05) is 41.9 Å². The van der Waals surface area contributed by atoms with Gasteiger partial charge in [-0.05, 0) is 30.7 Å². The Morgan fingerprint density at radius 2 is 1.78 bits per heavy atom. The number of guanidine groups is 1. The quantitative estimate of drug-likeness (QED) is 0.756. The summed E-state index contributed by atoms with van der Waals surface area (Å²) in [6, 6.07) is 16.2. The lowest BCUT2D eigenvalue weighted by Gasteiger charge is -2.40. The molecule has 1 saturated heterocycles. The molecule has 3 heterocycles. The SMILES string of the molecule is CN1C(=O)N(CCCO)C(=O)C2C1N=C1N(c3ccc(Cl)cc3)C(c3ccccc3)=CN12. The third-order valence-electron chi connectivity index (χ3n) is 5.91. The van der Waals surface area contributed by atoms with E-state index in [2.05, 4.69) is 0 Å². The number of benzene rings is 2. The van der Waals surface area contributed by atoms with Crippen molar-refractivity contribution in [2.75, 3.05) is 25.1 Å². The van der Waals surface area contributed by atoms with Gasteiger partial charge in [-0.15, -0.1) is 0 Å². The Bertz CT molecular complexity index is 1120. The van der Waals surface area contributed by atoms with Gasteiger partial charge >= 0.3 is 6.03 Å². The van der Waals surface area contributed by atoms with Crippen LogP contribution in [0.2, 0.25) is 5.02 Å². The number of amides is 3. The molecule has 0 radical (unpaired) electrons. The minimum atomic E-state index is -0.664. The van der Waals surface area contributed by atoms with E-state index in [0.29, 0.717) is 17.4 Å². The van der Waals surface area contributed by atoms with Crippen LogP contribution in [0.15, 0.2) is 65.8 Å². The Kier molecular flexibility index (Phi) is 5.11. The maximum absolute atomic E-state index is 13.4. The van der Waals surface area contributed by atoms with Crippen molar-refractivity contribution < 1.29 is 14.7 Å². The number of carbonyl (C=O) groups is 2. The summed E-state index contributed by atoms with van der Waals surface area (Å²) in [5.74, 6) is 0.269. The van der Waals surface area contributed by atoms with E-state index in [0.717, 1.165) is 16.9 Å². The number of likely N-dealkylation sites (N-methyl/N-ethyl adjacent to an activating group) is 1. The second-order valence-electron chi connectivity index (χ2n) is 7.85. The smallest absolute Gasteiger partial charge is 0.328 e. The first-order valence-electron chi connectivity index (χ1n) is 10.4. The number of aliphatic hydroxyl groups is 1.